The number of fused-ring (bicyclic) bond motifs is 1. The lowest BCUT2D eigenvalue weighted by molar-refractivity contribution is 0.169. The fraction of sp³-hybridized carbons (Fsp3) is 0.133. The summed E-state index contributed by atoms with van der Waals surface area (Å²) in [6, 6.07) is 11.1. The molecule has 0 aliphatic rings. The van der Waals surface area contributed by atoms with Gasteiger partial charge in [0.2, 0.25) is 0 Å². The van der Waals surface area contributed by atoms with Crippen LogP contribution in [0.5, 0.6) is 0 Å². The lowest BCUT2D eigenvalue weighted by atomic mass is 10.3. The van der Waals surface area contributed by atoms with Gasteiger partial charge < -0.3 is 10.5 Å². The number of rotatable bonds is 5. The van der Waals surface area contributed by atoms with Crippen molar-refractivity contribution in [3.63, 3.8) is 0 Å². The van der Waals surface area contributed by atoms with E-state index in [9.17, 15) is 4.79 Å². The van der Waals surface area contributed by atoms with E-state index in [4.69, 9.17) is 15.1 Å². The van der Waals surface area contributed by atoms with Crippen LogP contribution >= 0.6 is 34.4 Å². The number of carbonyl (C=O) groups is 1. The van der Waals surface area contributed by atoms with Crippen LogP contribution in [0.15, 0.2) is 45.9 Å². The fourth-order valence-electron chi connectivity index (χ4n) is 1.99. The Balaban J connectivity index is 1.49. The van der Waals surface area contributed by atoms with E-state index >= 15 is 0 Å². The SMILES string of the molecule is Nc1ccc(SCCOC(=O)Nc2cccc(I)c2)c2nonc12. The lowest BCUT2D eigenvalue weighted by Crippen LogP contribution is -2.15. The van der Waals surface area contributed by atoms with Gasteiger partial charge in [-0.15, -0.1) is 11.8 Å². The molecule has 0 atom stereocenters. The summed E-state index contributed by atoms with van der Waals surface area (Å²) in [4.78, 5) is 12.6. The first-order chi connectivity index (χ1) is 11.6. The van der Waals surface area contributed by atoms with E-state index in [-0.39, 0.29) is 6.61 Å². The summed E-state index contributed by atoms with van der Waals surface area (Å²) < 4.78 is 10.9. The zero-order valence-electron chi connectivity index (χ0n) is 12.4. The van der Waals surface area contributed by atoms with Gasteiger partial charge in [0, 0.05) is 19.9 Å². The maximum atomic E-state index is 11.8. The van der Waals surface area contributed by atoms with Gasteiger partial charge in [0.1, 0.15) is 6.61 Å². The van der Waals surface area contributed by atoms with Gasteiger partial charge in [-0.1, -0.05) is 6.07 Å². The minimum Gasteiger partial charge on any atom is -0.448 e. The lowest BCUT2D eigenvalue weighted by Gasteiger charge is -2.07. The first-order valence-corrected chi connectivity index (χ1v) is 9.03. The van der Waals surface area contributed by atoms with Gasteiger partial charge in [-0.2, -0.15) is 0 Å². The summed E-state index contributed by atoms with van der Waals surface area (Å²) in [5.41, 5.74) is 8.17. The van der Waals surface area contributed by atoms with Crippen LogP contribution in [0, 0.1) is 3.57 Å². The van der Waals surface area contributed by atoms with E-state index in [1.807, 2.05) is 24.3 Å². The molecular weight excluding hydrogens is 443 g/mol. The average molecular weight is 456 g/mol. The van der Waals surface area contributed by atoms with E-state index in [1.165, 1.54) is 11.8 Å². The van der Waals surface area contributed by atoms with Crippen molar-refractivity contribution < 1.29 is 14.2 Å². The molecule has 9 heteroatoms. The number of anilines is 2. The molecule has 3 aromatic rings. The zero-order valence-corrected chi connectivity index (χ0v) is 15.3. The summed E-state index contributed by atoms with van der Waals surface area (Å²) in [6.45, 7) is 0.261. The molecule has 0 saturated carbocycles. The van der Waals surface area contributed by atoms with Gasteiger partial charge in [-0.05, 0) is 63.2 Å². The fourth-order valence-corrected chi connectivity index (χ4v) is 3.35. The Kier molecular flexibility index (Phi) is 5.41. The van der Waals surface area contributed by atoms with Crippen molar-refractivity contribution in [2.24, 2.45) is 0 Å². The highest BCUT2D eigenvalue weighted by Crippen LogP contribution is 2.28. The Labute approximate surface area is 155 Å². The minimum absolute atomic E-state index is 0.261. The Hall–Kier alpha value is -2.01. The topological polar surface area (TPSA) is 103 Å². The number of aromatic nitrogens is 2. The van der Waals surface area contributed by atoms with Gasteiger partial charge >= 0.3 is 6.09 Å². The van der Waals surface area contributed by atoms with Crippen LogP contribution in [0.4, 0.5) is 16.2 Å². The Morgan fingerprint density at radius 3 is 2.96 bits per heavy atom. The molecule has 0 aliphatic heterocycles. The number of nitrogens with two attached hydrogens (primary N) is 1. The number of nitrogen functional groups attached to an aromatic ring is 1. The van der Waals surface area contributed by atoms with E-state index < -0.39 is 6.09 Å². The van der Waals surface area contributed by atoms with Crippen LogP contribution in [-0.2, 0) is 4.74 Å². The number of thioether (sulfide) groups is 1. The van der Waals surface area contributed by atoms with Crippen LogP contribution in [0.25, 0.3) is 11.0 Å². The first kappa shape index (κ1) is 16.8. The summed E-state index contributed by atoms with van der Waals surface area (Å²) in [5, 5.41) is 10.3. The molecule has 124 valence electrons. The Morgan fingerprint density at radius 2 is 2.12 bits per heavy atom. The van der Waals surface area contributed by atoms with Gasteiger partial charge in [-0.3, -0.25) is 5.32 Å². The predicted octanol–water partition coefficient (Wildman–Crippen LogP) is 3.75. The summed E-state index contributed by atoms with van der Waals surface area (Å²) in [7, 11) is 0. The first-order valence-electron chi connectivity index (χ1n) is 6.96. The molecule has 0 bridgehead atoms. The van der Waals surface area contributed by atoms with E-state index in [2.05, 4.69) is 38.2 Å². The number of hydrogen-bond acceptors (Lipinski definition) is 7. The summed E-state index contributed by atoms with van der Waals surface area (Å²) >= 11 is 3.67. The Bertz CT molecular complexity index is 871. The molecule has 2 aromatic carbocycles. The van der Waals surface area contributed by atoms with Crippen molar-refractivity contribution in [3.05, 3.63) is 40.0 Å². The maximum Gasteiger partial charge on any atom is 0.411 e. The van der Waals surface area contributed by atoms with Crippen molar-refractivity contribution in [3.8, 4) is 0 Å². The molecule has 1 aromatic heterocycles. The normalized spacial score (nSPS) is 10.7. The third-order valence-corrected chi connectivity index (χ3v) is 4.74. The van der Waals surface area contributed by atoms with Crippen molar-refractivity contribution in [2.45, 2.75) is 4.90 Å². The number of nitrogens with one attached hydrogen (secondary N) is 1. The predicted molar refractivity (Wildman–Crippen MR) is 101 cm³/mol. The van der Waals surface area contributed by atoms with Gasteiger partial charge in [0.05, 0.1) is 5.69 Å². The minimum atomic E-state index is -0.483. The van der Waals surface area contributed by atoms with Crippen LogP contribution in [-0.4, -0.2) is 28.8 Å². The highest BCUT2D eigenvalue weighted by molar-refractivity contribution is 14.1. The molecule has 3 rings (SSSR count). The van der Waals surface area contributed by atoms with Crippen LogP contribution in [0.1, 0.15) is 0 Å². The number of amides is 1. The molecule has 7 nitrogen and oxygen atoms in total. The van der Waals surface area contributed by atoms with E-state index in [1.54, 1.807) is 12.1 Å². The quantitative estimate of drug-likeness (QED) is 0.261. The number of carbonyl (C=O) groups excluding carboxylic acids is 1. The molecule has 3 N–H and O–H groups in total. The highest BCUT2D eigenvalue weighted by atomic mass is 127. The molecule has 0 unspecified atom stereocenters. The number of halogens is 1. The molecule has 1 heterocycles. The highest BCUT2D eigenvalue weighted by Gasteiger charge is 2.11. The largest absolute Gasteiger partial charge is 0.448 e. The van der Waals surface area contributed by atoms with Gasteiger partial charge in [0.15, 0.2) is 11.0 Å². The monoisotopic (exact) mass is 456 g/mol. The molecule has 0 radical (unpaired) electrons. The molecule has 0 saturated heterocycles. The van der Waals surface area contributed by atoms with Crippen molar-refractivity contribution >= 4 is 62.9 Å². The zero-order chi connectivity index (χ0) is 16.9. The second kappa shape index (κ2) is 7.71. The Morgan fingerprint density at radius 1 is 1.29 bits per heavy atom. The van der Waals surface area contributed by atoms with Gasteiger partial charge in [-0.25, -0.2) is 9.42 Å². The van der Waals surface area contributed by atoms with Crippen molar-refractivity contribution in [2.75, 3.05) is 23.4 Å². The van der Waals surface area contributed by atoms with Crippen LogP contribution in [0.3, 0.4) is 0 Å². The molecular formula is C15H13IN4O3S. The molecule has 0 aliphatic carbocycles. The van der Waals surface area contributed by atoms with Gasteiger partial charge in [0.25, 0.3) is 0 Å². The van der Waals surface area contributed by atoms with E-state index in [0.29, 0.717) is 28.2 Å². The molecule has 0 fully saturated rings. The van der Waals surface area contributed by atoms with Crippen LogP contribution in [0.2, 0.25) is 0 Å². The smallest absolute Gasteiger partial charge is 0.411 e. The van der Waals surface area contributed by atoms with E-state index in [0.717, 1.165) is 8.47 Å². The second-order valence-corrected chi connectivity index (χ2v) is 7.12. The standard InChI is InChI=1S/C15H13IN4O3S/c16-9-2-1-3-10(8-9)18-15(21)22-6-7-24-12-5-4-11(17)13-14(12)20-23-19-13/h1-5,8H,6-7,17H2,(H,18,21). The number of benzene rings is 2. The molecule has 1 amide bonds. The number of nitrogens with zero attached hydrogens (tertiary/aromatic N) is 2. The van der Waals surface area contributed by atoms with Crippen LogP contribution < -0.4 is 11.1 Å². The summed E-state index contributed by atoms with van der Waals surface area (Å²) in [5.74, 6) is 0.575. The average Bonchev–Trinajstić information content (AvgIpc) is 3.04. The third kappa shape index (κ3) is 4.09. The summed E-state index contributed by atoms with van der Waals surface area (Å²) in [6.07, 6.45) is -0.483. The second-order valence-electron chi connectivity index (χ2n) is 4.73. The van der Waals surface area contributed by atoms with Crippen molar-refractivity contribution in [1.82, 2.24) is 10.3 Å². The molecule has 0 spiro atoms. The number of ether oxygens (including phenoxy) is 1. The van der Waals surface area contributed by atoms with Crippen molar-refractivity contribution in [1.29, 1.82) is 0 Å². The number of hydrogen-bond donors (Lipinski definition) is 2. The third-order valence-electron chi connectivity index (χ3n) is 3.05. The maximum absolute atomic E-state index is 11.8. The molecule has 24 heavy (non-hydrogen) atoms.